The van der Waals surface area contributed by atoms with E-state index >= 15 is 0 Å². The second kappa shape index (κ2) is 27.2. The minimum absolute atomic E-state index is 0. The van der Waals surface area contributed by atoms with Crippen molar-refractivity contribution in [3.8, 4) is 103 Å². The maximum atomic E-state index is 11.8. The smallest absolute Gasteiger partial charge is 0.268 e. The van der Waals surface area contributed by atoms with E-state index in [0.717, 1.165) is 72.9 Å². The van der Waals surface area contributed by atoms with Crippen molar-refractivity contribution in [3.05, 3.63) is 229 Å². The molecule has 0 unspecified atom stereocenters. The first kappa shape index (κ1) is 61.8. The third-order valence-corrected chi connectivity index (χ3v) is 15.3. The van der Waals surface area contributed by atoms with Crippen molar-refractivity contribution in [1.29, 1.82) is 0 Å². The summed E-state index contributed by atoms with van der Waals surface area (Å²) in [5, 5.41) is 34.1. The van der Waals surface area contributed by atoms with Gasteiger partial charge in [0.1, 0.15) is 17.1 Å². The van der Waals surface area contributed by atoms with Crippen LogP contribution in [0.3, 0.4) is 0 Å². The summed E-state index contributed by atoms with van der Waals surface area (Å²) >= 11 is 0. The molecule has 12 rings (SSSR count). The van der Waals surface area contributed by atoms with Crippen LogP contribution in [0.1, 0.15) is 45.0 Å². The van der Waals surface area contributed by atoms with Crippen LogP contribution in [0.25, 0.3) is 120 Å². The summed E-state index contributed by atoms with van der Waals surface area (Å²) in [6, 6.07) is 47.1. The fourth-order valence-corrected chi connectivity index (χ4v) is 9.61. The molecule has 0 radical (unpaired) electrons. The van der Waals surface area contributed by atoms with E-state index in [1.807, 2.05) is 179 Å². The van der Waals surface area contributed by atoms with Crippen LogP contribution < -0.4 is 0 Å². The SMILES string of the molecule is C=C(c1ccc(-c2cnc(C)c(-c3nnc(-c4ccc(CO)cc4)o3)n2)cc1)N(C)C.C=Cc1ccccc1-c1nnc(-c2nc(-c3ccc(C(=C)N(C)C)cc3)cnc2C)o1.Cc1ncc(-c2cccc(S(C)(=O)=O)c2)nc1-c1nnc(-c2ccccc2)o1.[HH].[HH].[HH].[HH]. The topological polar surface area (TPSA) is 255 Å². The molecule has 6 aromatic heterocycles. The molecule has 0 fully saturated rings. The van der Waals surface area contributed by atoms with E-state index in [1.54, 1.807) is 55.9 Å². The van der Waals surface area contributed by atoms with Gasteiger partial charge in [-0.25, -0.2) is 23.4 Å². The molecular weight excluding hydrogens is 1150 g/mol. The van der Waals surface area contributed by atoms with Gasteiger partial charge in [-0.1, -0.05) is 135 Å². The highest BCUT2D eigenvalue weighted by Crippen LogP contribution is 2.32. The molecule has 458 valence electrons. The molecule has 6 aromatic carbocycles. The van der Waals surface area contributed by atoms with Crippen molar-refractivity contribution < 1.29 is 32.5 Å². The lowest BCUT2D eigenvalue weighted by atomic mass is 10.1. The Morgan fingerprint density at radius 2 is 0.878 bits per heavy atom. The lowest BCUT2D eigenvalue weighted by Crippen LogP contribution is -2.08. The van der Waals surface area contributed by atoms with E-state index in [9.17, 15) is 13.5 Å². The van der Waals surface area contributed by atoms with Gasteiger partial charge in [0, 0.05) is 84.9 Å². The number of aromatic nitrogens is 12. The number of benzene rings is 6. The molecular formula is C69H70N14O6S. The van der Waals surface area contributed by atoms with Crippen molar-refractivity contribution in [2.75, 3.05) is 34.4 Å². The normalized spacial score (nSPS) is 11.0. The molecule has 90 heavy (non-hydrogen) atoms. The average molecular weight is 1220 g/mol. The van der Waals surface area contributed by atoms with Crippen molar-refractivity contribution in [2.24, 2.45) is 0 Å². The van der Waals surface area contributed by atoms with E-state index in [2.05, 4.69) is 70.3 Å². The third kappa shape index (κ3) is 14.2. The number of aliphatic hydroxyl groups is 1. The highest BCUT2D eigenvalue weighted by Gasteiger charge is 2.21. The molecule has 0 bridgehead atoms. The van der Waals surface area contributed by atoms with Crippen LogP contribution in [0.2, 0.25) is 0 Å². The van der Waals surface area contributed by atoms with Gasteiger partial charge in [0.2, 0.25) is 17.7 Å². The molecule has 12 aromatic rings. The van der Waals surface area contributed by atoms with Crippen LogP contribution in [0.15, 0.2) is 208 Å². The largest absolute Gasteiger partial charge is 0.415 e. The van der Waals surface area contributed by atoms with Crippen LogP contribution in [-0.4, -0.2) is 118 Å². The number of sulfone groups is 1. The first-order chi connectivity index (χ1) is 43.3. The van der Waals surface area contributed by atoms with Gasteiger partial charge in [-0.3, -0.25) is 15.0 Å². The Balaban J connectivity index is 0.000000219. The molecule has 0 saturated heterocycles. The molecule has 6 heterocycles. The zero-order valence-corrected chi connectivity index (χ0v) is 51.5. The standard InChI is InChI=1S/C25H23N5O.C24H23N5O2.C20H16N4O3S.4H2/c1-6-18-9-7-8-10-21(18)24-28-29-25(31-24)23-16(2)26-15-22(27-23)20-13-11-19(12-14-20)17(3)30(4)5;1-15-22(24-28-27-23(31-24)20-7-5-17(14-30)6-8-20)26-21(13-25-15)19-11-9-18(10-12-19)16(2)29(3)4;1-13-18(20-24-23-19(27-20)14-7-4-3-5-8-14)22-17(12-21-13)15-9-6-10-16(11-15)28(2,25)26;;;;/h6-15H,1,3H2,2,4-5H3;5-13,30H,2,14H2,1,3-4H3;3-12H,1-2H3;4*1H. The molecule has 0 aliphatic heterocycles. The van der Waals surface area contributed by atoms with Crippen molar-refractivity contribution in [3.63, 3.8) is 0 Å². The molecule has 20 nitrogen and oxygen atoms in total. The second-order valence-corrected chi connectivity index (χ2v) is 23.0. The Morgan fingerprint density at radius 1 is 0.489 bits per heavy atom. The van der Waals surface area contributed by atoms with Crippen molar-refractivity contribution >= 4 is 27.3 Å². The quantitative estimate of drug-likeness (QED) is 0.0943. The summed E-state index contributed by atoms with van der Waals surface area (Å²) in [7, 11) is 4.56. The number of nitrogens with zero attached hydrogens (tertiary/aromatic N) is 14. The van der Waals surface area contributed by atoms with Gasteiger partial charge in [-0.05, 0) is 85.5 Å². The lowest BCUT2D eigenvalue weighted by Gasteiger charge is -2.16. The van der Waals surface area contributed by atoms with E-state index in [4.69, 9.17) is 23.2 Å². The number of hydrogen-bond donors (Lipinski definition) is 1. The molecule has 0 atom stereocenters. The van der Waals surface area contributed by atoms with Crippen LogP contribution in [-0.2, 0) is 16.4 Å². The molecule has 1 N–H and O–H groups in total. The predicted octanol–water partition coefficient (Wildman–Crippen LogP) is 14.1. The fraction of sp³-hybridized carbons (Fsp3) is 0.130. The number of aryl methyl sites for hydroxylation is 3. The zero-order chi connectivity index (χ0) is 63.6. The molecule has 21 heteroatoms. The zero-order valence-electron chi connectivity index (χ0n) is 50.7. The van der Waals surface area contributed by atoms with Gasteiger partial charge in [-0.15, -0.1) is 30.6 Å². The second-order valence-electron chi connectivity index (χ2n) is 21.0. The van der Waals surface area contributed by atoms with E-state index in [1.165, 1.54) is 6.26 Å². The van der Waals surface area contributed by atoms with Crippen LogP contribution >= 0.6 is 0 Å². The third-order valence-electron chi connectivity index (χ3n) is 14.2. The summed E-state index contributed by atoms with van der Waals surface area (Å²) in [5.74, 6) is 2.09. The first-order valence-corrected chi connectivity index (χ1v) is 30.0. The van der Waals surface area contributed by atoms with Gasteiger partial charge >= 0.3 is 0 Å². The van der Waals surface area contributed by atoms with Crippen LogP contribution in [0.4, 0.5) is 0 Å². The van der Waals surface area contributed by atoms with Gasteiger partial charge < -0.3 is 28.2 Å². The van der Waals surface area contributed by atoms with Gasteiger partial charge in [0.25, 0.3) is 17.7 Å². The Hall–Kier alpha value is -11.3. The summed E-state index contributed by atoms with van der Waals surface area (Å²) in [4.78, 5) is 31.6. The number of aliphatic hydroxyl groups excluding tert-OH is 1. The Labute approximate surface area is 526 Å². The van der Waals surface area contributed by atoms with E-state index in [0.29, 0.717) is 74.9 Å². The van der Waals surface area contributed by atoms with Crippen LogP contribution in [0.5, 0.6) is 0 Å². The Bertz CT molecular complexity index is 4680. The Kier molecular flexibility index (Phi) is 18.7. The summed E-state index contributed by atoms with van der Waals surface area (Å²) < 4.78 is 41.3. The highest BCUT2D eigenvalue weighted by atomic mass is 32.2. The minimum Gasteiger partial charge on any atom is -0.415 e. The van der Waals surface area contributed by atoms with Crippen LogP contribution in [0, 0.1) is 20.8 Å². The van der Waals surface area contributed by atoms with Crippen molar-refractivity contribution in [2.45, 2.75) is 32.3 Å². The summed E-state index contributed by atoms with van der Waals surface area (Å²) in [5.41, 5.74) is 16.2. The van der Waals surface area contributed by atoms with Gasteiger partial charge in [0.05, 0.1) is 64.3 Å². The maximum absolute atomic E-state index is 11.8. The first-order valence-electron chi connectivity index (χ1n) is 28.1. The predicted molar refractivity (Wildman–Crippen MR) is 356 cm³/mol. The highest BCUT2D eigenvalue weighted by molar-refractivity contribution is 7.90. The fourth-order valence-electron chi connectivity index (χ4n) is 8.94. The van der Waals surface area contributed by atoms with E-state index in [-0.39, 0.29) is 23.1 Å². The number of rotatable bonds is 16. The van der Waals surface area contributed by atoms with Gasteiger partial charge in [0.15, 0.2) is 9.84 Å². The average Bonchev–Trinajstić information content (AvgIpc) is 1.51. The maximum Gasteiger partial charge on any atom is 0.268 e. The van der Waals surface area contributed by atoms with Gasteiger partial charge in [-0.2, -0.15) is 0 Å². The Morgan fingerprint density at radius 3 is 1.32 bits per heavy atom. The summed E-state index contributed by atoms with van der Waals surface area (Å²) in [6.45, 7) is 17.5. The molecule has 0 aliphatic carbocycles. The lowest BCUT2D eigenvalue weighted by molar-refractivity contribution is 0.282. The molecule has 0 aliphatic rings. The molecule has 0 spiro atoms. The molecule has 0 amide bonds. The minimum atomic E-state index is -3.32. The van der Waals surface area contributed by atoms with Crippen molar-refractivity contribution in [1.82, 2.24) is 70.3 Å². The monoisotopic (exact) mass is 1220 g/mol. The molecule has 0 saturated carbocycles. The van der Waals surface area contributed by atoms with E-state index < -0.39 is 9.84 Å². The summed E-state index contributed by atoms with van der Waals surface area (Å²) in [6.07, 6.45) is 8.01. The number of hydrogen-bond acceptors (Lipinski definition) is 20.